The SMILES string of the molecule is C=CC(=O)[O-].[ClH+]Cc1ccccc1. The van der Waals surface area contributed by atoms with Crippen molar-refractivity contribution >= 4 is 5.97 Å². The van der Waals surface area contributed by atoms with Gasteiger partial charge in [0.15, 0.2) is 5.88 Å². The quantitative estimate of drug-likeness (QED) is 0.510. The number of carbonyl (C=O) groups excluding carboxylic acids is 1. The van der Waals surface area contributed by atoms with Crippen LogP contribution in [0.3, 0.4) is 0 Å². The monoisotopic (exact) mass is 198 g/mol. The second-order valence-corrected chi connectivity index (χ2v) is 2.44. The number of carbonyl (C=O) groups is 1. The van der Waals surface area contributed by atoms with Gasteiger partial charge in [0.1, 0.15) is 11.6 Å². The number of carboxylic acids is 1. The summed E-state index contributed by atoms with van der Waals surface area (Å²) >= 11 is 4.82. The van der Waals surface area contributed by atoms with Gasteiger partial charge >= 0.3 is 0 Å². The molecule has 0 heterocycles. The Morgan fingerprint density at radius 2 is 1.92 bits per heavy atom. The molecule has 0 amide bonds. The van der Waals surface area contributed by atoms with Crippen LogP contribution in [-0.2, 0) is 10.7 Å². The molecular formula is C10H11ClO2. The van der Waals surface area contributed by atoms with Crippen LogP contribution in [0.25, 0.3) is 0 Å². The van der Waals surface area contributed by atoms with Gasteiger partial charge in [0, 0.05) is 5.56 Å². The summed E-state index contributed by atoms with van der Waals surface area (Å²) in [5.74, 6) is -0.508. The van der Waals surface area contributed by atoms with E-state index in [4.69, 9.17) is 21.5 Å². The van der Waals surface area contributed by atoms with Crippen LogP contribution in [0.15, 0.2) is 43.0 Å². The number of carboxylic acid groups (broad SMARTS) is 1. The van der Waals surface area contributed by atoms with Gasteiger partial charge in [-0.3, -0.25) is 0 Å². The van der Waals surface area contributed by atoms with Gasteiger partial charge in [0.25, 0.3) is 0 Å². The van der Waals surface area contributed by atoms with Crippen molar-refractivity contribution < 1.29 is 21.5 Å². The van der Waals surface area contributed by atoms with Crippen molar-refractivity contribution in [2.75, 3.05) is 0 Å². The first-order valence-electron chi connectivity index (χ1n) is 3.66. The van der Waals surface area contributed by atoms with Crippen LogP contribution >= 0.6 is 0 Å². The third kappa shape index (κ3) is 7.09. The number of halogens is 1. The number of aliphatic carboxylic acids is 1. The molecule has 70 valence electrons. The zero-order chi connectivity index (χ0) is 10.1. The van der Waals surface area contributed by atoms with Crippen LogP contribution in [0.1, 0.15) is 5.56 Å². The molecule has 0 saturated carbocycles. The van der Waals surface area contributed by atoms with Crippen LogP contribution in [-0.4, -0.2) is 5.97 Å². The average Bonchev–Trinajstić information content (AvgIpc) is 2.20. The number of rotatable bonds is 2. The first kappa shape index (κ1) is 11.7. The molecule has 0 bridgehead atoms. The highest BCUT2D eigenvalue weighted by atomic mass is 35.5. The second kappa shape index (κ2) is 7.37. The number of hydrogen-bond donors (Lipinski definition) is 0. The first-order chi connectivity index (χ1) is 6.20. The van der Waals surface area contributed by atoms with Crippen molar-refractivity contribution in [3.05, 3.63) is 48.6 Å². The zero-order valence-corrected chi connectivity index (χ0v) is 7.92. The van der Waals surface area contributed by atoms with E-state index in [9.17, 15) is 0 Å². The van der Waals surface area contributed by atoms with Crippen molar-refractivity contribution in [3.63, 3.8) is 0 Å². The Balaban J connectivity index is 0.000000252. The van der Waals surface area contributed by atoms with Gasteiger partial charge in [-0.25, -0.2) is 0 Å². The lowest BCUT2D eigenvalue weighted by atomic mass is 10.2. The first-order valence-corrected chi connectivity index (χ1v) is 4.24. The summed E-state index contributed by atoms with van der Waals surface area (Å²) in [6.07, 6.45) is 0.722. The maximum Gasteiger partial charge on any atom is 0.195 e. The lowest BCUT2D eigenvalue weighted by Crippen LogP contribution is -2.17. The number of hydrogen-bond acceptors (Lipinski definition) is 2. The average molecular weight is 199 g/mol. The molecule has 2 nitrogen and oxygen atoms in total. The van der Waals surface area contributed by atoms with E-state index in [1.807, 2.05) is 30.3 Å². The predicted octanol–water partition coefficient (Wildman–Crippen LogP) is 0.390. The van der Waals surface area contributed by atoms with Crippen LogP contribution in [0, 0.1) is 11.6 Å². The molecule has 0 aliphatic heterocycles. The van der Waals surface area contributed by atoms with Crippen molar-refractivity contribution in [2.24, 2.45) is 0 Å². The number of benzene rings is 1. The molecule has 1 rings (SSSR count). The minimum Gasteiger partial charge on any atom is -0.545 e. The molecule has 0 aliphatic rings. The molecule has 1 aromatic rings. The molecule has 0 atom stereocenters. The lowest BCUT2D eigenvalue weighted by molar-refractivity contribution is -0.386. The molecule has 0 fully saturated rings. The molecule has 1 aromatic carbocycles. The second-order valence-electron chi connectivity index (χ2n) is 2.15. The fourth-order valence-corrected chi connectivity index (χ4v) is 0.767. The van der Waals surface area contributed by atoms with Gasteiger partial charge in [-0.2, -0.15) is 0 Å². The highest BCUT2D eigenvalue weighted by Gasteiger charge is 1.88. The van der Waals surface area contributed by atoms with Crippen LogP contribution < -0.4 is 5.11 Å². The van der Waals surface area contributed by atoms with E-state index in [2.05, 4.69) is 6.58 Å². The Hall–Kier alpha value is -1.28. The Labute approximate surface area is 82.5 Å². The lowest BCUT2D eigenvalue weighted by Gasteiger charge is -1.83. The van der Waals surface area contributed by atoms with Gasteiger partial charge in [0.2, 0.25) is 0 Å². The smallest absolute Gasteiger partial charge is 0.195 e. The standard InChI is InChI=1S/C7H8Cl.C3H4O2/c8-6-7-4-2-1-3-5-7;1-2-3(4)5/h1-5,8H,6H2;2H,1H2,(H,4,5)/q+1;/p-1. The summed E-state index contributed by atoms with van der Waals surface area (Å²) in [7, 11) is 0. The van der Waals surface area contributed by atoms with E-state index in [1.54, 1.807) is 0 Å². The molecule has 13 heavy (non-hydrogen) atoms. The molecule has 0 aliphatic carbocycles. The van der Waals surface area contributed by atoms with E-state index < -0.39 is 5.97 Å². The molecular weight excluding hydrogens is 188 g/mol. The fourth-order valence-electron chi connectivity index (χ4n) is 0.574. The summed E-state index contributed by atoms with van der Waals surface area (Å²) in [6.45, 7) is 2.90. The molecule has 0 saturated heterocycles. The molecule has 0 aromatic heterocycles. The van der Waals surface area contributed by atoms with Crippen LogP contribution in [0.2, 0.25) is 0 Å². The Kier molecular flexibility index (Phi) is 6.65. The summed E-state index contributed by atoms with van der Waals surface area (Å²) < 4.78 is 0. The van der Waals surface area contributed by atoms with Crippen molar-refractivity contribution in [1.29, 1.82) is 0 Å². The Morgan fingerprint density at radius 3 is 2.15 bits per heavy atom. The van der Waals surface area contributed by atoms with E-state index in [1.165, 1.54) is 5.56 Å². The molecule has 0 radical (unpaired) electrons. The van der Waals surface area contributed by atoms with Crippen molar-refractivity contribution in [3.8, 4) is 0 Å². The van der Waals surface area contributed by atoms with Crippen molar-refractivity contribution in [2.45, 2.75) is 5.88 Å². The topological polar surface area (TPSA) is 40.1 Å². The van der Waals surface area contributed by atoms with E-state index in [0.717, 1.165) is 12.0 Å². The fraction of sp³-hybridized carbons (Fsp3) is 0.100. The van der Waals surface area contributed by atoms with Gasteiger partial charge in [0.05, 0.1) is 5.97 Å². The molecule has 3 heteroatoms. The summed E-state index contributed by atoms with van der Waals surface area (Å²) in [4.78, 5) is 9.14. The third-order valence-corrected chi connectivity index (χ3v) is 1.51. The molecule has 0 spiro atoms. The molecule has 0 N–H and O–H groups in total. The predicted molar refractivity (Wildman–Crippen MR) is 46.7 cm³/mol. The maximum absolute atomic E-state index is 9.14. The zero-order valence-electron chi connectivity index (χ0n) is 7.10. The summed E-state index contributed by atoms with van der Waals surface area (Å²) in [5, 5.41) is 9.14. The minimum atomic E-state index is -1.23. The summed E-state index contributed by atoms with van der Waals surface area (Å²) in [5.41, 5.74) is 1.22. The molecule has 0 unspecified atom stereocenters. The van der Waals surface area contributed by atoms with E-state index in [-0.39, 0.29) is 0 Å². The number of alkyl halides is 1. The Bertz CT molecular complexity index is 257. The highest BCUT2D eigenvalue weighted by Crippen LogP contribution is 1.96. The van der Waals surface area contributed by atoms with Gasteiger partial charge in [-0.05, 0) is 6.08 Å². The van der Waals surface area contributed by atoms with Crippen molar-refractivity contribution in [1.82, 2.24) is 0 Å². The van der Waals surface area contributed by atoms with E-state index >= 15 is 0 Å². The Morgan fingerprint density at radius 1 is 1.46 bits per heavy atom. The van der Waals surface area contributed by atoms with Crippen LogP contribution in [0.5, 0.6) is 0 Å². The van der Waals surface area contributed by atoms with Gasteiger partial charge in [-0.1, -0.05) is 36.9 Å². The maximum atomic E-state index is 9.14. The minimum absolute atomic E-state index is 0.722. The third-order valence-electron chi connectivity index (χ3n) is 1.18. The van der Waals surface area contributed by atoms with Crippen LogP contribution in [0.4, 0.5) is 0 Å². The van der Waals surface area contributed by atoms with Gasteiger partial charge < -0.3 is 9.90 Å². The largest absolute Gasteiger partial charge is 0.545 e. The van der Waals surface area contributed by atoms with E-state index in [0.29, 0.717) is 0 Å². The normalized spacial score (nSPS) is 8.08. The summed E-state index contributed by atoms with van der Waals surface area (Å²) in [6, 6.07) is 10.1. The highest BCUT2D eigenvalue weighted by molar-refractivity contribution is 5.76. The van der Waals surface area contributed by atoms with Gasteiger partial charge in [-0.15, -0.1) is 0 Å².